The molecule has 0 N–H and O–H groups in total. The van der Waals surface area contributed by atoms with Gasteiger partial charge in [0.15, 0.2) is 10.8 Å². The average molecular weight is 320 g/mol. The topological polar surface area (TPSA) is 43.4 Å². The van der Waals surface area contributed by atoms with Crippen LogP contribution in [-0.2, 0) is 21.7 Å². The first-order valence-electron chi connectivity index (χ1n) is 4.76. The lowest BCUT2D eigenvalue weighted by molar-refractivity contribution is -0.137. The van der Waals surface area contributed by atoms with Crippen molar-refractivity contribution in [1.29, 1.82) is 0 Å². The normalized spacial score (nSPS) is 13.9. The maximum absolute atomic E-state index is 12.5. The summed E-state index contributed by atoms with van der Waals surface area (Å²) in [5.41, 5.74) is -7.53. The Bertz CT molecular complexity index is 549. The van der Waals surface area contributed by atoms with Gasteiger partial charge in [0.2, 0.25) is 0 Å². The second-order valence-electron chi connectivity index (χ2n) is 3.45. The van der Waals surface area contributed by atoms with Gasteiger partial charge in [-0.15, -0.1) is 0 Å². The number of benzene rings is 1. The molecular weight excluding hydrogens is 314 g/mol. The molecule has 0 saturated carbocycles. The molecule has 0 aliphatic rings. The highest BCUT2D eigenvalue weighted by molar-refractivity contribution is 7.86. The summed E-state index contributed by atoms with van der Waals surface area (Å²) in [6.45, 7) is 0. The molecule has 20 heavy (non-hydrogen) atoms. The van der Waals surface area contributed by atoms with Gasteiger partial charge in [-0.05, 0) is 18.2 Å². The van der Waals surface area contributed by atoms with E-state index in [9.17, 15) is 35.3 Å². The van der Waals surface area contributed by atoms with Crippen LogP contribution >= 0.6 is 0 Å². The molecular formula is C10H6F6O3S. The third-order valence-corrected chi connectivity index (χ3v) is 3.16. The van der Waals surface area contributed by atoms with Crippen LogP contribution in [0.3, 0.4) is 0 Å². The summed E-state index contributed by atoms with van der Waals surface area (Å²) in [6, 6.07) is 0.851. The lowest BCUT2D eigenvalue weighted by Gasteiger charge is -2.12. The van der Waals surface area contributed by atoms with Gasteiger partial charge in [-0.25, -0.2) is 9.00 Å². The largest absolute Gasteiger partial charge is 0.475 e. The number of methoxy groups -OCH3 is 1. The molecule has 1 atom stereocenters. The number of carbonyl (C=O) groups excluding carboxylic acids is 1. The van der Waals surface area contributed by atoms with Crippen molar-refractivity contribution in [3.63, 3.8) is 0 Å². The molecule has 0 aliphatic heterocycles. The van der Waals surface area contributed by atoms with Crippen molar-refractivity contribution in [2.24, 2.45) is 0 Å². The third kappa shape index (κ3) is 3.71. The van der Waals surface area contributed by atoms with Crippen LogP contribution in [0.1, 0.15) is 15.9 Å². The van der Waals surface area contributed by atoms with E-state index in [2.05, 4.69) is 4.74 Å². The van der Waals surface area contributed by atoms with Crippen LogP contribution in [0.5, 0.6) is 0 Å². The zero-order chi connectivity index (χ0) is 15.7. The number of alkyl halides is 6. The number of ether oxygens (including phenoxy) is 1. The monoisotopic (exact) mass is 320 g/mol. The Balaban J connectivity index is 3.46. The van der Waals surface area contributed by atoms with Gasteiger partial charge in [0, 0.05) is 4.90 Å². The Labute approximate surface area is 111 Å². The summed E-state index contributed by atoms with van der Waals surface area (Å²) in [5.74, 6) is -1.27. The van der Waals surface area contributed by atoms with Gasteiger partial charge in [0.25, 0.3) is 0 Å². The number of carbonyl (C=O) groups is 1. The quantitative estimate of drug-likeness (QED) is 0.621. The molecule has 1 aromatic carbocycles. The number of halogens is 6. The zero-order valence-electron chi connectivity index (χ0n) is 9.63. The van der Waals surface area contributed by atoms with Gasteiger partial charge in [0.05, 0.1) is 18.2 Å². The lowest BCUT2D eigenvalue weighted by atomic mass is 10.1. The van der Waals surface area contributed by atoms with Gasteiger partial charge in [0.1, 0.15) is 0 Å². The predicted octanol–water partition coefficient (Wildman–Crippen LogP) is 3.12. The highest BCUT2D eigenvalue weighted by Gasteiger charge is 2.40. The van der Waals surface area contributed by atoms with Gasteiger partial charge < -0.3 is 4.74 Å². The van der Waals surface area contributed by atoms with Gasteiger partial charge in [-0.1, -0.05) is 0 Å². The first-order chi connectivity index (χ1) is 8.96. The molecule has 112 valence electrons. The molecule has 0 amide bonds. The van der Waals surface area contributed by atoms with E-state index < -0.39 is 44.5 Å². The van der Waals surface area contributed by atoms with E-state index in [1.54, 1.807) is 0 Å². The predicted molar refractivity (Wildman–Crippen MR) is 55.2 cm³/mol. The van der Waals surface area contributed by atoms with Crippen LogP contribution in [0.4, 0.5) is 26.3 Å². The van der Waals surface area contributed by atoms with E-state index >= 15 is 0 Å². The van der Waals surface area contributed by atoms with Crippen LogP contribution in [0.25, 0.3) is 0 Å². The summed E-state index contributed by atoms with van der Waals surface area (Å²) < 4.78 is 89.7. The van der Waals surface area contributed by atoms with Crippen molar-refractivity contribution < 1.29 is 40.1 Å². The van der Waals surface area contributed by atoms with Crippen molar-refractivity contribution >= 4 is 16.8 Å². The van der Waals surface area contributed by atoms with E-state index in [4.69, 9.17) is 0 Å². The minimum atomic E-state index is -5.24. The first-order valence-corrected chi connectivity index (χ1v) is 5.91. The fourth-order valence-corrected chi connectivity index (χ4v) is 1.97. The van der Waals surface area contributed by atoms with Crippen molar-refractivity contribution in [3.05, 3.63) is 29.3 Å². The maximum atomic E-state index is 12.5. The van der Waals surface area contributed by atoms with Crippen molar-refractivity contribution in [2.75, 3.05) is 7.11 Å². The minimum absolute atomic E-state index is 0.0794. The van der Waals surface area contributed by atoms with Gasteiger partial charge in [-0.3, -0.25) is 0 Å². The summed E-state index contributed by atoms with van der Waals surface area (Å²) in [4.78, 5) is 9.97. The molecule has 0 saturated heterocycles. The molecule has 0 heterocycles. The lowest BCUT2D eigenvalue weighted by Crippen LogP contribution is -2.18. The summed E-state index contributed by atoms with van der Waals surface area (Å²) >= 11 is 0. The van der Waals surface area contributed by atoms with E-state index in [0.29, 0.717) is 12.1 Å². The molecule has 1 rings (SSSR count). The molecule has 0 aromatic heterocycles. The second-order valence-corrected chi connectivity index (χ2v) is 4.92. The molecule has 0 fully saturated rings. The van der Waals surface area contributed by atoms with Crippen LogP contribution in [-0.4, -0.2) is 22.8 Å². The number of esters is 1. The fraction of sp³-hybridized carbons (Fsp3) is 0.300. The maximum Gasteiger partial charge on any atom is 0.475 e. The standard InChI is InChI=1S/C10H6F6O3S/c1-19-8(17)5-2-6(9(11,12)13)4-7(3-5)20(18)10(14,15)16/h2-4H,1H3. The van der Waals surface area contributed by atoms with E-state index in [1.165, 1.54) is 0 Å². The number of hydrogen-bond donors (Lipinski definition) is 0. The molecule has 1 unspecified atom stereocenters. The van der Waals surface area contributed by atoms with E-state index in [0.717, 1.165) is 7.11 Å². The van der Waals surface area contributed by atoms with Crippen LogP contribution in [0, 0.1) is 0 Å². The molecule has 3 nitrogen and oxygen atoms in total. The highest BCUT2D eigenvalue weighted by Crippen LogP contribution is 2.34. The Kier molecular flexibility index (Phi) is 4.47. The number of rotatable bonds is 2. The summed E-state index contributed by atoms with van der Waals surface area (Å²) in [6.07, 6.45) is -4.99. The Morgan fingerprint density at radius 3 is 2.05 bits per heavy atom. The van der Waals surface area contributed by atoms with Crippen molar-refractivity contribution in [3.8, 4) is 0 Å². The smallest absolute Gasteiger partial charge is 0.465 e. The fourth-order valence-electron chi connectivity index (χ4n) is 1.24. The van der Waals surface area contributed by atoms with Gasteiger partial charge in [-0.2, -0.15) is 26.3 Å². The first kappa shape index (κ1) is 16.5. The Hall–Kier alpha value is -1.58. The van der Waals surface area contributed by atoms with Crippen LogP contribution in [0.2, 0.25) is 0 Å². The second kappa shape index (κ2) is 5.43. The molecule has 10 heteroatoms. The molecule has 0 spiro atoms. The summed E-state index contributed by atoms with van der Waals surface area (Å²) in [5, 5.41) is 0. The van der Waals surface area contributed by atoms with E-state index in [-0.39, 0.29) is 6.07 Å². The minimum Gasteiger partial charge on any atom is -0.465 e. The molecule has 0 radical (unpaired) electrons. The number of hydrogen-bond acceptors (Lipinski definition) is 3. The Morgan fingerprint density at radius 1 is 1.10 bits per heavy atom. The van der Waals surface area contributed by atoms with Crippen molar-refractivity contribution in [2.45, 2.75) is 16.6 Å². The molecule has 0 aliphatic carbocycles. The summed E-state index contributed by atoms with van der Waals surface area (Å²) in [7, 11) is -2.83. The average Bonchev–Trinajstić information content (AvgIpc) is 2.34. The highest BCUT2D eigenvalue weighted by atomic mass is 32.2. The van der Waals surface area contributed by atoms with Crippen molar-refractivity contribution in [1.82, 2.24) is 0 Å². The third-order valence-electron chi connectivity index (χ3n) is 2.08. The van der Waals surface area contributed by atoms with E-state index in [1.807, 2.05) is 0 Å². The zero-order valence-corrected chi connectivity index (χ0v) is 10.4. The SMILES string of the molecule is COC(=O)c1cc(S(=O)C(F)(F)F)cc(C(F)(F)F)c1. The molecule has 1 aromatic rings. The Morgan fingerprint density at radius 2 is 1.65 bits per heavy atom. The molecule has 0 bridgehead atoms. The van der Waals surface area contributed by atoms with Crippen LogP contribution in [0.15, 0.2) is 23.1 Å². The van der Waals surface area contributed by atoms with Gasteiger partial charge >= 0.3 is 17.7 Å². The van der Waals surface area contributed by atoms with Crippen LogP contribution < -0.4 is 0 Å².